The van der Waals surface area contributed by atoms with Gasteiger partial charge in [-0.2, -0.15) is 0 Å². The van der Waals surface area contributed by atoms with Gasteiger partial charge >= 0.3 is 0 Å². The van der Waals surface area contributed by atoms with Gasteiger partial charge < -0.3 is 10.4 Å². The van der Waals surface area contributed by atoms with E-state index in [1.807, 2.05) is 30.3 Å². The van der Waals surface area contributed by atoms with Crippen LogP contribution in [0.2, 0.25) is 0 Å². The molecular formula is C15H21NO2. The fraction of sp³-hybridized carbons (Fsp3) is 0.533. The van der Waals surface area contributed by atoms with Crippen LogP contribution < -0.4 is 5.32 Å². The predicted octanol–water partition coefficient (Wildman–Crippen LogP) is 2.41. The Labute approximate surface area is 108 Å². The zero-order valence-corrected chi connectivity index (χ0v) is 10.8. The molecule has 98 valence electrons. The van der Waals surface area contributed by atoms with E-state index in [1.165, 1.54) is 26.2 Å². The van der Waals surface area contributed by atoms with Crippen LogP contribution in [0.25, 0.3) is 0 Å². The summed E-state index contributed by atoms with van der Waals surface area (Å²) < 4.78 is 0. The first kappa shape index (κ1) is 13.1. The fourth-order valence-electron chi connectivity index (χ4n) is 2.32. The third-order valence-electron chi connectivity index (χ3n) is 3.69. The van der Waals surface area contributed by atoms with E-state index in [0.717, 1.165) is 12.0 Å². The summed E-state index contributed by atoms with van der Waals surface area (Å²) in [6.45, 7) is 1.50. The summed E-state index contributed by atoms with van der Waals surface area (Å²) in [6, 6.07) is 10.0. The maximum atomic E-state index is 11.7. The number of aliphatic hydroxyl groups excluding tert-OH is 1. The van der Waals surface area contributed by atoms with Gasteiger partial charge in [0.05, 0.1) is 6.04 Å². The van der Waals surface area contributed by atoms with Crippen LogP contribution in [0.5, 0.6) is 0 Å². The number of carbonyl (C=O) groups excluding carboxylic acids is 1. The molecular weight excluding hydrogens is 226 g/mol. The van der Waals surface area contributed by atoms with Crippen LogP contribution in [0.15, 0.2) is 30.3 Å². The van der Waals surface area contributed by atoms with Crippen molar-refractivity contribution in [2.24, 2.45) is 5.92 Å². The highest BCUT2D eigenvalue weighted by Gasteiger charge is 2.25. The summed E-state index contributed by atoms with van der Waals surface area (Å²) >= 11 is 0. The summed E-state index contributed by atoms with van der Waals surface area (Å²) in [5.41, 5.74) is 1.12. The van der Waals surface area contributed by atoms with Gasteiger partial charge in [-0.3, -0.25) is 4.79 Å². The van der Waals surface area contributed by atoms with Crippen LogP contribution in [0.1, 0.15) is 44.2 Å². The lowest BCUT2D eigenvalue weighted by atomic mass is 9.79. The number of benzene rings is 1. The number of nitrogens with one attached hydrogen (secondary N) is 1. The molecule has 2 unspecified atom stereocenters. The Balaban J connectivity index is 2.04. The van der Waals surface area contributed by atoms with E-state index < -0.39 is 6.10 Å². The van der Waals surface area contributed by atoms with Crippen LogP contribution in [-0.4, -0.2) is 17.1 Å². The number of hydrogen-bond acceptors (Lipinski definition) is 2. The molecule has 1 aromatic rings. The van der Waals surface area contributed by atoms with Gasteiger partial charge in [0.1, 0.15) is 6.10 Å². The van der Waals surface area contributed by atoms with Crippen molar-refractivity contribution in [2.45, 2.75) is 44.8 Å². The second-order valence-corrected chi connectivity index (χ2v) is 5.18. The first-order valence-corrected chi connectivity index (χ1v) is 6.70. The van der Waals surface area contributed by atoms with Gasteiger partial charge in [-0.05, 0) is 24.8 Å². The molecule has 1 aromatic carbocycles. The van der Waals surface area contributed by atoms with Crippen LogP contribution in [0.3, 0.4) is 0 Å². The average molecular weight is 247 g/mol. The van der Waals surface area contributed by atoms with E-state index in [0.29, 0.717) is 5.92 Å². The summed E-state index contributed by atoms with van der Waals surface area (Å²) in [4.78, 5) is 11.7. The molecule has 1 aliphatic rings. The molecule has 1 amide bonds. The normalized spacial score (nSPS) is 18.8. The van der Waals surface area contributed by atoms with Crippen LogP contribution in [0, 0.1) is 5.92 Å². The van der Waals surface area contributed by atoms with Crippen molar-refractivity contribution in [1.82, 2.24) is 5.32 Å². The molecule has 3 nitrogen and oxygen atoms in total. The molecule has 0 aromatic heterocycles. The van der Waals surface area contributed by atoms with Crippen LogP contribution >= 0.6 is 0 Å². The Bertz CT molecular complexity index is 385. The third kappa shape index (κ3) is 3.33. The monoisotopic (exact) mass is 247 g/mol. The molecule has 1 fully saturated rings. The van der Waals surface area contributed by atoms with Crippen molar-refractivity contribution >= 4 is 5.91 Å². The highest BCUT2D eigenvalue weighted by Crippen LogP contribution is 2.34. The molecule has 0 saturated heterocycles. The van der Waals surface area contributed by atoms with Crippen molar-refractivity contribution in [3.05, 3.63) is 35.9 Å². The van der Waals surface area contributed by atoms with Gasteiger partial charge in [0, 0.05) is 0 Å². The Morgan fingerprint density at radius 2 is 2.06 bits per heavy atom. The third-order valence-corrected chi connectivity index (χ3v) is 3.69. The molecule has 1 saturated carbocycles. The smallest absolute Gasteiger partial charge is 0.249 e. The maximum absolute atomic E-state index is 11.7. The first-order valence-electron chi connectivity index (χ1n) is 6.70. The molecule has 1 aliphatic carbocycles. The quantitative estimate of drug-likeness (QED) is 0.839. The molecule has 2 rings (SSSR count). The predicted molar refractivity (Wildman–Crippen MR) is 71.0 cm³/mol. The minimum Gasteiger partial charge on any atom is -0.384 e. The summed E-state index contributed by atoms with van der Waals surface area (Å²) in [5.74, 6) is 0.424. The van der Waals surface area contributed by atoms with E-state index >= 15 is 0 Å². The number of amides is 1. The second-order valence-electron chi connectivity index (χ2n) is 5.18. The molecule has 0 spiro atoms. The average Bonchev–Trinajstić information content (AvgIpc) is 2.32. The number of carbonyl (C=O) groups is 1. The zero-order valence-electron chi connectivity index (χ0n) is 10.8. The van der Waals surface area contributed by atoms with Crippen molar-refractivity contribution < 1.29 is 9.90 Å². The largest absolute Gasteiger partial charge is 0.384 e. The summed E-state index contributed by atoms with van der Waals surface area (Å²) in [6.07, 6.45) is 3.85. The van der Waals surface area contributed by atoms with E-state index in [4.69, 9.17) is 0 Å². The van der Waals surface area contributed by atoms with E-state index in [-0.39, 0.29) is 11.9 Å². The summed E-state index contributed by atoms with van der Waals surface area (Å²) in [5, 5.41) is 12.3. The lowest BCUT2D eigenvalue weighted by Crippen LogP contribution is -2.37. The van der Waals surface area contributed by atoms with E-state index in [1.54, 1.807) is 0 Å². The van der Waals surface area contributed by atoms with Crippen molar-refractivity contribution in [3.8, 4) is 0 Å². The number of aliphatic hydroxyl groups is 1. The molecule has 2 atom stereocenters. The molecule has 0 bridgehead atoms. The van der Waals surface area contributed by atoms with Crippen LogP contribution in [-0.2, 0) is 4.79 Å². The molecule has 3 heteroatoms. The fourth-order valence-corrected chi connectivity index (χ4v) is 2.32. The van der Waals surface area contributed by atoms with Gasteiger partial charge in [-0.1, -0.05) is 49.6 Å². The van der Waals surface area contributed by atoms with Crippen molar-refractivity contribution in [2.75, 3.05) is 0 Å². The van der Waals surface area contributed by atoms with Gasteiger partial charge in [-0.25, -0.2) is 0 Å². The Morgan fingerprint density at radius 1 is 1.39 bits per heavy atom. The molecule has 2 N–H and O–H groups in total. The van der Waals surface area contributed by atoms with E-state index in [9.17, 15) is 9.90 Å². The molecule has 0 aliphatic heterocycles. The maximum Gasteiger partial charge on any atom is 0.249 e. The molecule has 18 heavy (non-hydrogen) atoms. The SMILES string of the molecule is CC(O)C(=O)NC(CC1CCC1)c1ccccc1. The lowest BCUT2D eigenvalue weighted by Gasteiger charge is -2.30. The van der Waals surface area contributed by atoms with Gasteiger partial charge in [-0.15, -0.1) is 0 Å². The van der Waals surface area contributed by atoms with Crippen molar-refractivity contribution in [3.63, 3.8) is 0 Å². The standard InChI is InChI=1S/C15H21NO2/c1-11(17)15(18)16-14(10-12-6-5-7-12)13-8-3-2-4-9-13/h2-4,8-9,11-12,14,17H,5-7,10H2,1H3,(H,16,18). The minimum atomic E-state index is -0.947. The van der Waals surface area contributed by atoms with Gasteiger partial charge in [0.2, 0.25) is 5.91 Å². The first-order chi connectivity index (χ1) is 8.66. The van der Waals surface area contributed by atoms with Crippen molar-refractivity contribution in [1.29, 1.82) is 0 Å². The Hall–Kier alpha value is -1.35. The Morgan fingerprint density at radius 3 is 2.56 bits per heavy atom. The van der Waals surface area contributed by atoms with Gasteiger partial charge in [0.15, 0.2) is 0 Å². The minimum absolute atomic E-state index is 0.0265. The lowest BCUT2D eigenvalue weighted by molar-refractivity contribution is -0.129. The second kappa shape index (κ2) is 6.01. The Kier molecular flexibility index (Phi) is 4.37. The van der Waals surface area contributed by atoms with Gasteiger partial charge in [0.25, 0.3) is 0 Å². The highest BCUT2D eigenvalue weighted by atomic mass is 16.3. The van der Waals surface area contributed by atoms with E-state index in [2.05, 4.69) is 5.32 Å². The van der Waals surface area contributed by atoms with Crippen LogP contribution in [0.4, 0.5) is 0 Å². The number of rotatable bonds is 5. The molecule has 0 heterocycles. The number of hydrogen-bond donors (Lipinski definition) is 2. The zero-order chi connectivity index (χ0) is 13.0. The topological polar surface area (TPSA) is 49.3 Å². The molecule has 0 radical (unpaired) electrons. The highest BCUT2D eigenvalue weighted by molar-refractivity contribution is 5.80. The summed E-state index contributed by atoms with van der Waals surface area (Å²) in [7, 11) is 0.